The molecule has 0 amide bonds. The molecule has 4 nitrogen and oxygen atoms in total. The molecule has 2 heterocycles. The number of rotatable bonds is 4. The van der Waals surface area contributed by atoms with Gasteiger partial charge in [-0.25, -0.2) is 4.79 Å². The SMILES string of the molecule is O=c1n(Cc2sccc2C#CCCO)ccn1C1CC1. The molecule has 0 aromatic carbocycles. The zero-order valence-corrected chi connectivity index (χ0v) is 11.9. The summed E-state index contributed by atoms with van der Waals surface area (Å²) in [6.45, 7) is 0.648. The number of aliphatic hydroxyl groups is 1. The fourth-order valence-electron chi connectivity index (χ4n) is 2.12. The summed E-state index contributed by atoms with van der Waals surface area (Å²) >= 11 is 1.61. The van der Waals surface area contributed by atoms with Gasteiger partial charge in [0.1, 0.15) is 0 Å². The van der Waals surface area contributed by atoms with E-state index in [0.717, 1.165) is 23.3 Å². The fraction of sp³-hybridized carbons (Fsp3) is 0.400. The third kappa shape index (κ3) is 2.72. The van der Waals surface area contributed by atoms with Crippen molar-refractivity contribution in [2.45, 2.75) is 31.8 Å². The summed E-state index contributed by atoms with van der Waals surface area (Å²) in [5.41, 5.74) is 1.02. The van der Waals surface area contributed by atoms with Gasteiger partial charge in [-0.2, -0.15) is 0 Å². The number of nitrogens with zero attached hydrogens (tertiary/aromatic N) is 2. The molecular formula is C15H16N2O2S. The lowest BCUT2D eigenvalue weighted by molar-refractivity contribution is 0.305. The molecule has 0 atom stereocenters. The number of hydrogen-bond acceptors (Lipinski definition) is 3. The van der Waals surface area contributed by atoms with Crippen LogP contribution < -0.4 is 5.69 Å². The van der Waals surface area contributed by atoms with Crippen LogP contribution in [0.2, 0.25) is 0 Å². The van der Waals surface area contributed by atoms with Crippen LogP contribution in [0, 0.1) is 11.8 Å². The Bertz CT molecular complexity index is 710. The smallest absolute Gasteiger partial charge is 0.328 e. The van der Waals surface area contributed by atoms with Crippen molar-refractivity contribution in [2.24, 2.45) is 0 Å². The predicted octanol–water partition coefficient (Wildman–Crippen LogP) is 1.83. The Hall–Kier alpha value is -1.77. The topological polar surface area (TPSA) is 47.2 Å². The van der Waals surface area contributed by atoms with Gasteiger partial charge >= 0.3 is 5.69 Å². The van der Waals surface area contributed by atoms with Gasteiger partial charge in [0.25, 0.3) is 0 Å². The lowest BCUT2D eigenvalue weighted by Gasteiger charge is -2.00. The van der Waals surface area contributed by atoms with Crippen LogP contribution in [0.1, 0.15) is 35.7 Å². The van der Waals surface area contributed by atoms with Gasteiger partial charge in [-0.1, -0.05) is 11.8 Å². The Labute approximate surface area is 121 Å². The molecule has 0 aliphatic heterocycles. The van der Waals surface area contributed by atoms with Crippen molar-refractivity contribution in [3.63, 3.8) is 0 Å². The Morgan fingerprint density at radius 1 is 1.40 bits per heavy atom. The normalized spacial score (nSPS) is 14.1. The number of thiophene rings is 1. The average molecular weight is 288 g/mol. The summed E-state index contributed by atoms with van der Waals surface area (Å²) in [5.74, 6) is 5.98. The van der Waals surface area contributed by atoms with Gasteiger partial charge in [0.15, 0.2) is 0 Å². The largest absolute Gasteiger partial charge is 0.395 e. The minimum Gasteiger partial charge on any atom is -0.395 e. The van der Waals surface area contributed by atoms with Crippen molar-refractivity contribution in [1.82, 2.24) is 9.13 Å². The van der Waals surface area contributed by atoms with E-state index in [2.05, 4.69) is 11.8 Å². The highest BCUT2D eigenvalue weighted by atomic mass is 32.1. The van der Waals surface area contributed by atoms with Crippen LogP contribution in [-0.2, 0) is 6.54 Å². The van der Waals surface area contributed by atoms with Crippen LogP contribution in [0.25, 0.3) is 0 Å². The molecule has 0 bridgehead atoms. The van der Waals surface area contributed by atoms with E-state index in [1.54, 1.807) is 15.9 Å². The first-order valence-electron chi connectivity index (χ1n) is 6.73. The van der Waals surface area contributed by atoms with Crippen molar-refractivity contribution < 1.29 is 5.11 Å². The molecule has 3 rings (SSSR count). The van der Waals surface area contributed by atoms with Crippen LogP contribution in [0.15, 0.2) is 28.6 Å². The summed E-state index contributed by atoms with van der Waals surface area (Å²) in [7, 11) is 0. The second-order valence-corrected chi connectivity index (χ2v) is 5.88. The maximum absolute atomic E-state index is 12.2. The second-order valence-electron chi connectivity index (χ2n) is 4.88. The van der Waals surface area contributed by atoms with Crippen LogP contribution in [0.4, 0.5) is 0 Å². The van der Waals surface area contributed by atoms with E-state index < -0.39 is 0 Å². The molecule has 1 aliphatic rings. The second kappa shape index (κ2) is 5.70. The molecule has 20 heavy (non-hydrogen) atoms. The maximum atomic E-state index is 12.2. The van der Waals surface area contributed by atoms with Crippen LogP contribution in [-0.4, -0.2) is 20.8 Å². The van der Waals surface area contributed by atoms with Crippen LogP contribution in [0.5, 0.6) is 0 Å². The maximum Gasteiger partial charge on any atom is 0.328 e. The van der Waals surface area contributed by atoms with Gasteiger partial charge in [-0.05, 0) is 24.3 Å². The first-order valence-corrected chi connectivity index (χ1v) is 7.61. The molecule has 1 N–H and O–H groups in total. The van der Waals surface area contributed by atoms with Crippen LogP contribution >= 0.6 is 11.3 Å². The average Bonchev–Trinajstić information content (AvgIpc) is 3.09. The van der Waals surface area contributed by atoms with E-state index in [1.807, 2.05) is 28.4 Å². The molecule has 1 fully saturated rings. The Morgan fingerprint density at radius 2 is 2.25 bits per heavy atom. The number of aliphatic hydroxyl groups excluding tert-OH is 1. The monoisotopic (exact) mass is 288 g/mol. The number of hydrogen-bond donors (Lipinski definition) is 1. The van der Waals surface area contributed by atoms with E-state index in [0.29, 0.717) is 19.0 Å². The van der Waals surface area contributed by atoms with Crippen molar-refractivity contribution in [3.8, 4) is 11.8 Å². The third-order valence-electron chi connectivity index (χ3n) is 3.33. The highest BCUT2D eigenvalue weighted by Gasteiger charge is 2.25. The molecule has 0 spiro atoms. The first-order chi connectivity index (χ1) is 9.79. The number of imidazole rings is 1. The minimum atomic E-state index is 0.0650. The van der Waals surface area contributed by atoms with Gasteiger partial charge < -0.3 is 5.11 Å². The molecule has 5 heteroatoms. The minimum absolute atomic E-state index is 0.0650. The molecule has 0 unspecified atom stereocenters. The molecule has 0 radical (unpaired) electrons. The van der Waals surface area contributed by atoms with Gasteiger partial charge in [-0.15, -0.1) is 11.3 Å². The zero-order chi connectivity index (χ0) is 13.9. The Balaban J connectivity index is 1.80. The number of aromatic nitrogens is 2. The zero-order valence-electron chi connectivity index (χ0n) is 11.1. The van der Waals surface area contributed by atoms with E-state index in [-0.39, 0.29) is 12.3 Å². The Kier molecular flexibility index (Phi) is 3.77. The lowest BCUT2D eigenvalue weighted by atomic mass is 10.2. The van der Waals surface area contributed by atoms with Crippen molar-refractivity contribution in [2.75, 3.05) is 6.61 Å². The Morgan fingerprint density at radius 3 is 3.00 bits per heavy atom. The van der Waals surface area contributed by atoms with Gasteiger partial charge in [0.05, 0.1) is 13.2 Å². The molecule has 0 saturated heterocycles. The predicted molar refractivity (Wildman–Crippen MR) is 79.0 cm³/mol. The molecule has 1 aliphatic carbocycles. The quantitative estimate of drug-likeness (QED) is 0.873. The highest BCUT2D eigenvalue weighted by Crippen LogP contribution is 2.33. The van der Waals surface area contributed by atoms with Gasteiger partial charge in [0.2, 0.25) is 0 Å². The molecular weight excluding hydrogens is 272 g/mol. The van der Waals surface area contributed by atoms with Crippen molar-refractivity contribution in [1.29, 1.82) is 0 Å². The van der Waals surface area contributed by atoms with Crippen molar-refractivity contribution in [3.05, 3.63) is 44.8 Å². The highest BCUT2D eigenvalue weighted by molar-refractivity contribution is 7.10. The lowest BCUT2D eigenvalue weighted by Crippen LogP contribution is -2.23. The third-order valence-corrected chi connectivity index (χ3v) is 4.24. The van der Waals surface area contributed by atoms with Crippen LogP contribution in [0.3, 0.4) is 0 Å². The standard InChI is InChI=1S/C15H16N2O2S/c18-9-2-1-3-12-6-10-20-14(12)11-16-7-8-17(15(16)19)13-4-5-13/h6-8,10,13,18H,2,4-5,9,11H2. The first kappa shape index (κ1) is 13.2. The molecule has 104 valence electrons. The van der Waals surface area contributed by atoms with E-state index in [1.165, 1.54) is 0 Å². The summed E-state index contributed by atoms with van der Waals surface area (Å²) < 4.78 is 3.56. The fourth-order valence-corrected chi connectivity index (χ4v) is 2.95. The molecule has 2 aromatic rings. The molecule has 2 aromatic heterocycles. The summed E-state index contributed by atoms with van der Waals surface area (Å²) in [5, 5.41) is 10.7. The van der Waals surface area contributed by atoms with E-state index in [9.17, 15) is 4.79 Å². The van der Waals surface area contributed by atoms with Gasteiger partial charge in [0, 0.05) is 35.3 Å². The summed E-state index contributed by atoms with van der Waals surface area (Å²) in [4.78, 5) is 13.3. The summed E-state index contributed by atoms with van der Waals surface area (Å²) in [6.07, 6.45) is 6.44. The van der Waals surface area contributed by atoms with Gasteiger partial charge in [-0.3, -0.25) is 9.13 Å². The van der Waals surface area contributed by atoms with Crippen molar-refractivity contribution >= 4 is 11.3 Å². The molecule has 1 saturated carbocycles. The van der Waals surface area contributed by atoms with E-state index >= 15 is 0 Å². The van der Waals surface area contributed by atoms with E-state index in [4.69, 9.17) is 5.11 Å². The summed E-state index contributed by atoms with van der Waals surface area (Å²) in [6, 6.07) is 2.38.